The summed E-state index contributed by atoms with van der Waals surface area (Å²) in [7, 11) is 1.72. The molecule has 3 atom stereocenters. The Morgan fingerprint density at radius 3 is 2.45 bits per heavy atom. The van der Waals surface area contributed by atoms with Crippen molar-refractivity contribution in [3.8, 4) is 17.2 Å². The molecule has 1 N–H and O–H groups in total. The van der Waals surface area contributed by atoms with Crippen LogP contribution in [-0.4, -0.2) is 73.0 Å². The van der Waals surface area contributed by atoms with Crippen LogP contribution in [0.3, 0.4) is 0 Å². The van der Waals surface area contributed by atoms with Crippen molar-refractivity contribution in [2.45, 2.75) is 82.9 Å². The molecule has 1 spiro atoms. The Hall–Kier alpha value is -6.88. The van der Waals surface area contributed by atoms with E-state index in [1.807, 2.05) is 10.6 Å². The van der Waals surface area contributed by atoms with Crippen molar-refractivity contribution < 1.29 is 22.8 Å². The molecule has 0 radical (unpaired) electrons. The van der Waals surface area contributed by atoms with Gasteiger partial charge in [-0.3, -0.25) is 28.1 Å². The van der Waals surface area contributed by atoms with E-state index in [4.69, 9.17) is 14.4 Å². The van der Waals surface area contributed by atoms with Crippen LogP contribution in [0.5, 0.6) is 0 Å². The molecule has 1 saturated heterocycles. The van der Waals surface area contributed by atoms with Crippen LogP contribution in [0, 0.1) is 31.4 Å². The summed E-state index contributed by atoms with van der Waals surface area (Å²) in [6, 6.07) is 15.0. The maximum absolute atomic E-state index is 16.1. The average molecular weight is 867 g/mol. The van der Waals surface area contributed by atoms with Crippen LogP contribution < -0.4 is 11.4 Å². The first kappa shape index (κ1) is 38.8. The summed E-state index contributed by atoms with van der Waals surface area (Å²) >= 11 is 0. The molecule has 7 heterocycles. The molecule has 17 heteroatoms. The second-order valence-corrected chi connectivity index (χ2v) is 18.3. The lowest BCUT2D eigenvalue weighted by Crippen LogP contribution is -2.39. The fourth-order valence-electron chi connectivity index (χ4n) is 10.7. The highest BCUT2D eigenvalue weighted by atomic mass is 19.1. The first-order valence-electron chi connectivity index (χ1n) is 21.8. The molecule has 2 aliphatic heterocycles. The van der Waals surface area contributed by atoms with Crippen molar-refractivity contribution in [1.29, 1.82) is 0 Å². The van der Waals surface area contributed by atoms with Crippen molar-refractivity contribution in [2.24, 2.45) is 13.0 Å². The van der Waals surface area contributed by atoms with Gasteiger partial charge >= 0.3 is 11.4 Å². The van der Waals surface area contributed by atoms with Crippen LogP contribution in [0.15, 0.2) is 81.2 Å². The molecule has 3 aromatic carbocycles. The maximum Gasteiger partial charge on any atom is 0.438 e. The van der Waals surface area contributed by atoms with E-state index in [0.29, 0.717) is 76.2 Å². The molecular formula is C47H44F2N10O5. The lowest BCUT2D eigenvalue weighted by atomic mass is 9.87. The third-order valence-electron chi connectivity index (χ3n) is 14.4. The third-order valence-corrected chi connectivity index (χ3v) is 14.4. The van der Waals surface area contributed by atoms with Gasteiger partial charge in [0.15, 0.2) is 11.6 Å². The van der Waals surface area contributed by atoms with E-state index in [1.54, 1.807) is 65.6 Å². The summed E-state index contributed by atoms with van der Waals surface area (Å²) in [5, 5.41) is 14.5. The Labute approximate surface area is 363 Å². The molecule has 2 aliphatic carbocycles. The predicted octanol–water partition coefficient (Wildman–Crippen LogP) is 6.64. The van der Waals surface area contributed by atoms with Gasteiger partial charge in [0.1, 0.15) is 22.9 Å². The topological polar surface area (TPSA) is 156 Å². The Morgan fingerprint density at radius 1 is 0.953 bits per heavy atom. The second kappa shape index (κ2) is 13.6. The number of rotatable bonds is 7. The summed E-state index contributed by atoms with van der Waals surface area (Å²) < 4.78 is 50.2. The summed E-state index contributed by atoms with van der Waals surface area (Å²) in [6.07, 6.45) is 9.52. The fraction of sp³-hybridized carbons (Fsp3) is 0.362. The lowest BCUT2D eigenvalue weighted by molar-refractivity contribution is -0.0132. The monoisotopic (exact) mass is 866 g/mol. The van der Waals surface area contributed by atoms with E-state index in [1.165, 1.54) is 27.1 Å². The number of aromatic nitrogens is 9. The van der Waals surface area contributed by atoms with Crippen LogP contribution in [-0.2, 0) is 30.3 Å². The predicted molar refractivity (Wildman–Crippen MR) is 230 cm³/mol. The molecule has 0 unspecified atom stereocenters. The minimum absolute atomic E-state index is 0.0104. The van der Waals surface area contributed by atoms with E-state index in [2.05, 4.69) is 40.4 Å². The standard InChI is InChI=1S/C47H44F2N10O5/c1-25-17-31(18-26(2)39(25)48)59-41(57-15-14-56(45(57)62)37-8-7-36-32(40(37)49)23-50-54(36)4)33-24-55(13-9-34(33)52-59)42(60)38-20-30-19-28(29-10-16-63-46(22-29)11-12-46)5-6-35(30)58(38)47(21-27(47)3)43-51-44(61)64-53-43/h5-8,14-15,17-20,23,27,29H,9-13,16,21-22,24H2,1-4H3,(H,51,53,61)/t27-,29-,47-/m0/s1. The molecule has 3 fully saturated rings. The molecular weight excluding hydrogens is 823 g/mol. The number of carbonyl (C=O) groups is 1. The highest BCUT2D eigenvalue weighted by molar-refractivity contribution is 5.99. The molecule has 5 aromatic heterocycles. The molecule has 2 saturated carbocycles. The van der Waals surface area contributed by atoms with Crippen molar-refractivity contribution >= 4 is 27.7 Å². The molecule has 15 nitrogen and oxygen atoms in total. The van der Waals surface area contributed by atoms with Gasteiger partial charge in [-0.2, -0.15) is 10.2 Å². The fourth-order valence-corrected chi connectivity index (χ4v) is 10.7. The molecule has 4 aliphatic rings. The van der Waals surface area contributed by atoms with Crippen LogP contribution in [0.4, 0.5) is 8.78 Å². The third kappa shape index (κ3) is 5.64. The Bertz CT molecular complexity index is 3370. The number of aromatic amines is 1. The van der Waals surface area contributed by atoms with Gasteiger partial charge in [-0.05, 0) is 117 Å². The Kier molecular flexibility index (Phi) is 8.22. The average Bonchev–Trinajstić information content (AvgIpc) is 3.71. The zero-order valence-corrected chi connectivity index (χ0v) is 35.7. The highest BCUT2D eigenvalue weighted by Gasteiger charge is 2.59. The summed E-state index contributed by atoms with van der Waals surface area (Å²) in [5.41, 5.74) is 4.31. The van der Waals surface area contributed by atoms with Gasteiger partial charge in [0.05, 0.1) is 46.3 Å². The van der Waals surface area contributed by atoms with Crippen molar-refractivity contribution in [3.63, 3.8) is 0 Å². The first-order chi connectivity index (χ1) is 30.8. The maximum atomic E-state index is 16.1. The van der Waals surface area contributed by atoms with Crippen LogP contribution in [0.2, 0.25) is 0 Å². The number of amides is 1. The lowest BCUT2D eigenvalue weighted by Gasteiger charge is -2.30. The zero-order valence-electron chi connectivity index (χ0n) is 35.7. The number of benzene rings is 3. The van der Waals surface area contributed by atoms with Gasteiger partial charge in [-0.1, -0.05) is 18.1 Å². The van der Waals surface area contributed by atoms with Gasteiger partial charge < -0.3 is 14.2 Å². The molecule has 64 heavy (non-hydrogen) atoms. The number of fused-ring (bicyclic) bond motifs is 3. The number of ether oxygens (including phenoxy) is 1. The quantitative estimate of drug-likeness (QED) is 0.187. The van der Waals surface area contributed by atoms with E-state index in [0.717, 1.165) is 43.2 Å². The van der Waals surface area contributed by atoms with E-state index < -0.39 is 22.8 Å². The normalized spacial score (nSPS) is 21.3. The van der Waals surface area contributed by atoms with E-state index in [-0.39, 0.29) is 40.9 Å². The number of aryl methyl sites for hydroxylation is 3. The molecule has 0 bridgehead atoms. The van der Waals surface area contributed by atoms with E-state index >= 15 is 13.6 Å². The second-order valence-electron chi connectivity index (χ2n) is 18.3. The minimum atomic E-state index is -0.837. The Morgan fingerprint density at radius 2 is 1.72 bits per heavy atom. The van der Waals surface area contributed by atoms with Crippen molar-refractivity contribution in [2.75, 3.05) is 13.2 Å². The van der Waals surface area contributed by atoms with Gasteiger partial charge in [0.2, 0.25) is 0 Å². The van der Waals surface area contributed by atoms with E-state index in [9.17, 15) is 9.59 Å². The minimum Gasteiger partial charge on any atom is -0.375 e. The van der Waals surface area contributed by atoms with Crippen LogP contribution in [0.25, 0.3) is 39.0 Å². The molecule has 1 amide bonds. The summed E-state index contributed by atoms with van der Waals surface area (Å²) in [6.45, 7) is 6.53. The molecule has 12 rings (SSSR count). The number of H-pyrrole nitrogens is 1. The SMILES string of the molecule is Cc1cc(-n2nc3c(c2-n2ccn(-c4ccc5c(cnn5C)c4F)c2=O)CN(C(=O)c2cc4cc([C@H]5CCOC6(CC6)C5)ccc4n2[C@@]2(c4noc(=O)[nH]4)C[C@@H]2C)CC3)cc(C)c1F. The van der Waals surface area contributed by atoms with Crippen molar-refractivity contribution in [1.82, 2.24) is 48.3 Å². The van der Waals surface area contributed by atoms with Crippen LogP contribution in [0.1, 0.15) is 89.2 Å². The number of nitrogens with zero attached hydrogens (tertiary/aromatic N) is 9. The van der Waals surface area contributed by atoms with Gasteiger partial charge in [0.25, 0.3) is 5.91 Å². The molecule has 8 aromatic rings. The number of imidazole rings is 1. The Balaban J connectivity index is 0.983. The summed E-state index contributed by atoms with van der Waals surface area (Å²) in [5.74, 6) is -0.797. The smallest absolute Gasteiger partial charge is 0.375 e. The van der Waals surface area contributed by atoms with Gasteiger partial charge in [-0.25, -0.2) is 23.1 Å². The first-order valence-corrected chi connectivity index (χ1v) is 21.8. The number of nitrogens with one attached hydrogen (secondary N) is 1. The highest BCUT2D eigenvalue weighted by Crippen LogP contribution is 2.56. The summed E-state index contributed by atoms with van der Waals surface area (Å²) in [4.78, 5) is 46.9. The number of halogens is 2. The van der Waals surface area contributed by atoms with Gasteiger partial charge in [-0.15, -0.1) is 0 Å². The largest absolute Gasteiger partial charge is 0.438 e. The molecule has 326 valence electrons. The number of hydrogen-bond donors (Lipinski definition) is 1. The van der Waals surface area contributed by atoms with Gasteiger partial charge in [0, 0.05) is 55.5 Å². The number of carbonyl (C=O) groups excluding carboxylic acids is 1. The van der Waals surface area contributed by atoms with Crippen LogP contribution >= 0.6 is 0 Å². The van der Waals surface area contributed by atoms with Crippen molar-refractivity contribution in [3.05, 3.63) is 139 Å². The number of hydrogen-bond acceptors (Lipinski definition) is 8. The zero-order chi connectivity index (χ0) is 44.0.